The van der Waals surface area contributed by atoms with E-state index in [0.717, 1.165) is 32.7 Å². The number of hydrogen-bond donors (Lipinski definition) is 0. The van der Waals surface area contributed by atoms with Gasteiger partial charge in [-0.3, -0.25) is 4.79 Å². The Kier molecular flexibility index (Phi) is 5.54. The van der Waals surface area contributed by atoms with Crippen molar-refractivity contribution >= 4 is 27.8 Å². The molecule has 3 nitrogen and oxygen atoms in total. The normalized spacial score (nSPS) is 11.1. The maximum absolute atomic E-state index is 12.6. The van der Waals surface area contributed by atoms with E-state index in [1.54, 1.807) is 6.08 Å². The standard InChI is InChI=1S/C25H19BrN2O/c1-18-23(16-17-24(29)19-12-14-21(26)15-13-19)25(20-8-4-2-5-9-20)28(27-18)22-10-6-3-7-11-22/h2-17H,1H3/b17-16+. The predicted octanol–water partition coefficient (Wildman–Crippen LogP) is 6.51. The summed E-state index contributed by atoms with van der Waals surface area (Å²) in [5.41, 5.74) is 5.45. The lowest BCUT2D eigenvalue weighted by Gasteiger charge is -2.09. The summed E-state index contributed by atoms with van der Waals surface area (Å²) in [6, 6.07) is 27.5. The van der Waals surface area contributed by atoms with Gasteiger partial charge < -0.3 is 0 Å². The van der Waals surface area contributed by atoms with Crippen LogP contribution in [0, 0.1) is 6.92 Å². The van der Waals surface area contributed by atoms with Crippen molar-refractivity contribution in [2.45, 2.75) is 6.92 Å². The molecule has 0 saturated heterocycles. The minimum Gasteiger partial charge on any atom is -0.289 e. The summed E-state index contributed by atoms with van der Waals surface area (Å²) in [5.74, 6) is -0.0385. The molecule has 0 N–H and O–H groups in total. The maximum atomic E-state index is 12.6. The van der Waals surface area contributed by atoms with Crippen LogP contribution in [0.15, 0.2) is 95.5 Å². The van der Waals surface area contributed by atoms with Crippen molar-refractivity contribution in [3.8, 4) is 16.9 Å². The molecule has 1 heterocycles. The predicted molar refractivity (Wildman–Crippen MR) is 121 cm³/mol. The van der Waals surface area contributed by atoms with Crippen LogP contribution in [0.5, 0.6) is 0 Å². The molecule has 0 bridgehead atoms. The molecule has 0 atom stereocenters. The summed E-state index contributed by atoms with van der Waals surface area (Å²) >= 11 is 3.40. The Balaban J connectivity index is 1.80. The number of rotatable bonds is 5. The summed E-state index contributed by atoms with van der Waals surface area (Å²) in [7, 11) is 0. The number of aryl methyl sites for hydroxylation is 1. The molecule has 4 rings (SSSR count). The van der Waals surface area contributed by atoms with E-state index in [0.29, 0.717) is 5.56 Å². The van der Waals surface area contributed by atoms with Gasteiger partial charge in [0.2, 0.25) is 0 Å². The molecule has 142 valence electrons. The fourth-order valence-corrected chi connectivity index (χ4v) is 3.50. The van der Waals surface area contributed by atoms with Crippen molar-refractivity contribution in [3.63, 3.8) is 0 Å². The van der Waals surface area contributed by atoms with E-state index in [2.05, 4.69) is 28.1 Å². The van der Waals surface area contributed by atoms with E-state index in [-0.39, 0.29) is 5.78 Å². The molecule has 4 heteroatoms. The highest BCUT2D eigenvalue weighted by molar-refractivity contribution is 9.10. The lowest BCUT2D eigenvalue weighted by molar-refractivity contribution is 0.104. The van der Waals surface area contributed by atoms with Crippen molar-refractivity contribution in [2.75, 3.05) is 0 Å². The number of benzene rings is 3. The van der Waals surface area contributed by atoms with Gasteiger partial charge in [-0.2, -0.15) is 5.10 Å². The van der Waals surface area contributed by atoms with Gasteiger partial charge >= 0.3 is 0 Å². The van der Waals surface area contributed by atoms with E-state index < -0.39 is 0 Å². The summed E-state index contributed by atoms with van der Waals surface area (Å²) < 4.78 is 2.89. The van der Waals surface area contributed by atoms with Crippen LogP contribution in [0.2, 0.25) is 0 Å². The summed E-state index contributed by atoms with van der Waals surface area (Å²) in [6.07, 6.45) is 3.49. The molecule has 0 spiro atoms. The van der Waals surface area contributed by atoms with Crippen molar-refractivity contribution < 1.29 is 4.79 Å². The molecule has 0 unspecified atom stereocenters. The zero-order valence-electron chi connectivity index (χ0n) is 15.9. The fraction of sp³-hybridized carbons (Fsp3) is 0.0400. The summed E-state index contributed by atoms with van der Waals surface area (Å²) in [6.45, 7) is 1.97. The van der Waals surface area contributed by atoms with Crippen molar-refractivity contribution in [2.24, 2.45) is 0 Å². The third-order valence-electron chi connectivity index (χ3n) is 4.68. The zero-order chi connectivity index (χ0) is 20.2. The molecule has 0 fully saturated rings. The van der Waals surface area contributed by atoms with E-state index in [4.69, 9.17) is 5.10 Å². The quantitative estimate of drug-likeness (QED) is 0.261. The highest BCUT2D eigenvalue weighted by Gasteiger charge is 2.16. The Morgan fingerprint density at radius 1 is 0.897 bits per heavy atom. The average molecular weight is 443 g/mol. The van der Waals surface area contributed by atoms with Crippen molar-refractivity contribution in [1.29, 1.82) is 0 Å². The number of hydrogen-bond acceptors (Lipinski definition) is 2. The van der Waals surface area contributed by atoms with Gasteiger partial charge in [-0.05, 0) is 55.5 Å². The molecular weight excluding hydrogens is 424 g/mol. The maximum Gasteiger partial charge on any atom is 0.185 e. The van der Waals surface area contributed by atoms with Crippen LogP contribution < -0.4 is 0 Å². The SMILES string of the molecule is Cc1nn(-c2ccccc2)c(-c2ccccc2)c1/C=C/C(=O)c1ccc(Br)cc1. The number of aromatic nitrogens is 2. The van der Waals surface area contributed by atoms with Crippen LogP contribution in [-0.4, -0.2) is 15.6 Å². The van der Waals surface area contributed by atoms with E-state index >= 15 is 0 Å². The number of ketones is 1. The lowest BCUT2D eigenvalue weighted by Crippen LogP contribution is -1.99. The summed E-state index contributed by atoms with van der Waals surface area (Å²) in [4.78, 5) is 12.6. The van der Waals surface area contributed by atoms with Crippen LogP contribution in [-0.2, 0) is 0 Å². The van der Waals surface area contributed by atoms with E-state index in [9.17, 15) is 4.79 Å². The smallest absolute Gasteiger partial charge is 0.185 e. The molecule has 0 saturated carbocycles. The van der Waals surface area contributed by atoms with Crippen molar-refractivity contribution in [1.82, 2.24) is 9.78 Å². The second-order valence-corrected chi connectivity index (χ2v) is 7.58. The van der Waals surface area contributed by atoms with Crippen LogP contribution in [0.1, 0.15) is 21.6 Å². The average Bonchev–Trinajstić information content (AvgIpc) is 3.10. The van der Waals surface area contributed by atoms with Crippen LogP contribution in [0.3, 0.4) is 0 Å². The third-order valence-corrected chi connectivity index (χ3v) is 5.21. The van der Waals surface area contributed by atoms with Gasteiger partial charge in [-0.1, -0.05) is 64.5 Å². The Hall–Kier alpha value is -3.24. The van der Waals surface area contributed by atoms with Gasteiger partial charge in [0.1, 0.15) is 0 Å². The molecule has 29 heavy (non-hydrogen) atoms. The molecule has 0 radical (unpaired) electrons. The van der Waals surface area contributed by atoms with E-state index in [1.165, 1.54) is 0 Å². The fourth-order valence-electron chi connectivity index (χ4n) is 3.24. The van der Waals surface area contributed by atoms with Gasteiger partial charge in [0, 0.05) is 21.2 Å². The second-order valence-electron chi connectivity index (χ2n) is 6.67. The Morgan fingerprint density at radius 2 is 1.52 bits per heavy atom. The Morgan fingerprint density at radius 3 is 2.17 bits per heavy atom. The van der Waals surface area contributed by atoms with Gasteiger partial charge in [0.15, 0.2) is 5.78 Å². The highest BCUT2D eigenvalue weighted by atomic mass is 79.9. The first-order valence-electron chi connectivity index (χ1n) is 9.32. The minimum absolute atomic E-state index is 0.0385. The second kappa shape index (κ2) is 8.41. The molecule has 4 aromatic rings. The van der Waals surface area contributed by atoms with Gasteiger partial charge in [-0.15, -0.1) is 0 Å². The first-order valence-corrected chi connectivity index (χ1v) is 10.1. The molecule has 0 aliphatic heterocycles. The number of carbonyl (C=O) groups excluding carboxylic acids is 1. The molecule has 3 aromatic carbocycles. The van der Waals surface area contributed by atoms with Gasteiger partial charge in [0.25, 0.3) is 0 Å². The first-order chi connectivity index (χ1) is 14.1. The zero-order valence-corrected chi connectivity index (χ0v) is 17.5. The van der Waals surface area contributed by atoms with Crippen molar-refractivity contribution in [3.05, 3.63) is 112 Å². The number of para-hydroxylation sites is 1. The number of carbonyl (C=O) groups is 1. The minimum atomic E-state index is -0.0385. The van der Waals surface area contributed by atoms with E-state index in [1.807, 2.05) is 90.5 Å². The molecule has 0 amide bonds. The van der Waals surface area contributed by atoms with Crippen LogP contribution in [0.25, 0.3) is 23.0 Å². The topological polar surface area (TPSA) is 34.9 Å². The van der Waals surface area contributed by atoms with Gasteiger partial charge in [0.05, 0.1) is 17.1 Å². The highest BCUT2D eigenvalue weighted by Crippen LogP contribution is 2.30. The molecule has 0 aliphatic carbocycles. The number of allylic oxidation sites excluding steroid dienone is 1. The Labute approximate surface area is 178 Å². The molecule has 1 aromatic heterocycles. The Bertz CT molecular complexity index is 1160. The monoisotopic (exact) mass is 442 g/mol. The van der Waals surface area contributed by atoms with Crippen LogP contribution in [0.4, 0.5) is 0 Å². The third kappa shape index (κ3) is 4.13. The molecule has 0 aliphatic rings. The number of nitrogens with zero attached hydrogens (tertiary/aromatic N) is 2. The van der Waals surface area contributed by atoms with Gasteiger partial charge in [-0.25, -0.2) is 4.68 Å². The summed E-state index contributed by atoms with van der Waals surface area (Å²) in [5, 5.41) is 4.77. The molecular formula is C25H19BrN2O. The lowest BCUT2D eigenvalue weighted by atomic mass is 10.0. The largest absolute Gasteiger partial charge is 0.289 e. The van der Waals surface area contributed by atoms with Crippen LogP contribution >= 0.6 is 15.9 Å². The number of halogens is 1. The first kappa shape index (κ1) is 19.1.